The molecular weight excluding hydrogens is 238 g/mol. The zero-order valence-electron chi connectivity index (χ0n) is 9.63. The Morgan fingerprint density at radius 3 is 2.71 bits per heavy atom. The molecule has 0 bridgehead atoms. The van der Waals surface area contributed by atoms with E-state index < -0.39 is 10.0 Å². The molecule has 1 heterocycles. The van der Waals surface area contributed by atoms with E-state index in [1.807, 2.05) is 30.3 Å². The van der Waals surface area contributed by atoms with Crippen LogP contribution in [0.1, 0.15) is 18.4 Å². The van der Waals surface area contributed by atoms with E-state index in [2.05, 4.69) is 4.72 Å². The Balaban J connectivity index is 1.86. The van der Waals surface area contributed by atoms with Gasteiger partial charge < -0.3 is 4.74 Å². The normalized spacial score (nSPS) is 20.6. The highest BCUT2D eigenvalue weighted by Crippen LogP contribution is 2.11. The third kappa shape index (κ3) is 4.11. The average molecular weight is 255 g/mol. The van der Waals surface area contributed by atoms with Gasteiger partial charge in [-0.25, -0.2) is 13.1 Å². The molecular formula is C12H17NO3S. The lowest BCUT2D eigenvalue weighted by Crippen LogP contribution is -2.32. The molecule has 5 heteroatoms. The maximum Gasteiger partial charge on any atom is 0.215 e. The molecule has 0 aliphatic carbocycles. The van der Waals surface area contributed by atoms with Gasteiger partial charge in [-0.3, -0.25) is 0 Å². The van der Waals surface area contributed by atoms with E-state index >= 15 is 0 Å². The minimum Gasteiger partial charge on any atom is -0.377 e. The molecule has 0 spiro atoms. The molecule has 17 heavy (non-hydrogen) atoms. The van der Waals surface area contributed by atoms with Crippen molar-refractivity contribution in [2.45, 2.75) is 24.7 Å². The van der Waals surface area contributed by atoms with Crippen molar-refractivity contribution in [1.29, 1.82) is 0 Å². The molecule has 1 aromatic rings. The SMILES string of the molecule is O=S(=O)(Cc1ccccc1)NC[C@H]1CCCO1. The van der Waals surface area contributed by atoms with Crippen molar-refractivity contribution in [2.75, 3.05) is 13.2 Å². The lowest BCUT2D eigenvalue weighted by atomic mass is 10.2. The van der Waals surface area contributed by atoms with Gasteiger partial charge in [0.1, 0.15) is 0 Å². The topological polar surface area (TPSA) is 55.4 Å². The van der Waals surface area contributed by atoms with E-state index in [0.29, 0.717) is 6.54 Å². The van der Waals surface area contributed by atoms with Crippen molar-refractivity contribution in [3.05, 3.63) is 35.9 Å². The first-order valence-corrected chi connectivity index (χ1v) is 7.44. The number of sulfonamides is 1. The van der Waals surface area contributed by atoms with Crippen LogP contribution in [-0.2, 0) is 20.5 Å². The van der Waals surface area contributed by atoms with Gasteiger partial charge >= 0.3 is 0 Å². The highest BCUT2D eigenvalue weighted by atomic mass is 32.2. The molecule has 0 saturated carbocycles. The first-order chi connectivity index (χ1) is 8.16. The minimum absolute atomic E-state index is 0.0283. The molecule has 1 aliphatic heterocycles. The largest absolute Gasteiger partial charge is 0.377 e. The fourth-order valence-electron chi connectivity index (χ4n) is 1.87. The fraction of sp³-hybridized carbons (Fsp3) is 0.500. The minimum atomic E-state index is -3.25. The van der Waals surface area contributed by atoms with E-state index in [1.165, 1.54) is 0 Å². The maximum absolute atomic E-state index is 11.8. The van der Waals surface area contributed by atoms with Crippen molar-refractivity contribution < 1.29 is 13.2 Å². The molecule has 2 rings (SSSR count). The molecule has 0 radical (unpaired) electrons. The van der Waals surface area contributed by atoms with Gasteiger partial charge in [0, 0.05) is 13.2 Å². The summed E-state index contributed by atoms with van der Waals surface area (Å²) in [7, 11) is -3.25. The van der Waals surface area contributed by atoms with Gasteiger partial charge in [-0.15, -0.1) is 0 Å². The van der Waals surface area contributed by atoms with Crippen LogP contribution in [0.15, 0.2) is 30.3 Å². The van der Waals surface area contributed by atoms with Gasteiger partial charge in [-0.2, -0.15) is 0 Å². The van der Waals surface area contributed by atoms with E-state index in [9.17, 15) is 8.42 Å². The van der Waals surface area contributed by atoms with Crippen LogP contribution in [0, 0.1) is 0 Å². The summed E-state index contributed by atoms with van der Waals surface area (Å²) in [4.78, 5) is 0. The summed E-state index contributed by atoms with van der Waals surface area (Å²) in [5.41, 5.74) is 0.798. The third-order valence-electron chi connectivity index (χ3n) is 2.75. The van der Waals surface area contributed by atoms with Crippen LogP contribution in [0.3, 0.4) is 0 Å². The van der Waals surface area contributed by atoms with Gasteiger partial charge in [0.25, 0.3) is 0 Å². The number of hydrogen-bond donors (Lipinski definition) is 1. The van der Waals surface area contributed by atoms with Crippen molar-refractivity contribution in [1.82, 2.24) is 4.72 Å². The summed E-state index contributed by atoms with van der Waals surface area (Å²) in [5.74, 6) is 0.0283. The second-order valence-corrected chi connectivity index (χ2v) is 6.04. The predicted molar refractivity (Wildman–Crippen MR) is 66.0 cm³/mol. The van der Waals surface area contributed by atoms with Crippen LogP contribution in [0.25, 0.3) is 0 Å². The van der Waals surface area contributed by atoms with Crippen molar-refractivity contribution >= 4 is 10.0 Å². The van der Waals surface area contributed by atoms with Crippen LogP contribution in [0.5, 0.6) is 0 Å². The molecule has 1 aromatic carbocycles. The smallest absolute Gasteiger partial charge is 0.215 e. The summed E-state index contributed by atoms with van der Waals surface area (Å²) >= 11 is 0. The van der Waals surface area contributed by atoms with Crippen LogP contribution >= 0.6 is 0 Å². The Labute approximate surface area is 102 Å². The average Bonchev–Trinajstić information content (AvgIpc) is 2.80. The summed E-state index contributed by atoms with van der Waals surface area (Å²) in [6.07, 6.45) is 2.00. The van der Waals surface area contributed by atoms with Gasteiger partial charge in [0.2, 0.25) is 10.0 Å². The Kier molecular flexibility index (Phi) is 4.15. The number of nitrogens with one attached hydrogen (secondary N) is 1. The number of ether oxygens (including phenoxy) is 1. The molecule has 0 aromatic heterocycles. The molecule has 0 amide bonds. The molecule has 1 fully saturated rings. The summed E-state index contributed by atoms with van der Waals surface area (Å²) in [6, 6.07) is 9.17. The fourth-order valence-corrected chi connectivity index (χ4v) is 3.04. The Bertz CT molecular complexity index is 438. The molecule has 94 valence electrons. The second-order valence-electron chi connectivity index (χ2n) is 4.23. The predicted octanol–water partition coefficient (Wildman–Crippen LogP) is 1.28. The van der Waals surface area contributed by atoms with Crippen LogP contribution < -0.4 is 4.72 Å². The molecule has 1 N–H and O–H groups in total. The van der Waals surface area contributed by atoms with Crippen LogP contribution in [-0.4, -0.2) is 27.7 Å². The zero-order chi connectivity index (χ0) is 12.1. The van der Waals surface area contributed by atoms with Gasteiger partial charge in [0.05, 0.1) is 11.9 Å². The monoisotopic (exact) mass is 255 g/mol. The summed E-state index contributed by atoms with van der Waals surface area (Å²) < 4.78 is 31.5. The Morgan fingerprint density at radius 1 is 1.29 bits per heavy atom. The summed E-state index contributed by atoms with van der Waals surface area (Å²) in [6.45, 7) is 1.13. The first kappa shape index (κ1) is 12.5. The second kappa shape index (κ2) is 5.62. The van der Waals surface area contributed by atoms with Crippen molar-refractivity contribution in [3.63, 3.8) is 0 Å². The van der Waals surface area contributed by atoms with E-state index in [1.54, 1.807) is 0 Å². The van der Waals surface area contributed by atoms with Crippen molar-refractivity contribution in [2.24, 2.45) is 0 Å². The van der Waals surface area contributed by atoms with E-state index in [4.69, 9.17) is 4.74 Å². The highest BCUT2D eigenvalue weighted by Gasteiger charge is 2.18. The highest BCUT2D eigenvalue weighted by molar-refractivity contribution is 7.88. The standard InChI is InChI=1S/C12H17NO3S/c14-17(15,10-11-5-2-1-3-6-11)13-9-12-7-4-8-16-12/h1-3,5-6,12-13H,4,7-10H2/t12-/m1/s1. The third-order valence-corrected chi connectivity index (χ3v) is 4.07. The quantitative estimate of drug-likeness (QED) is 0.862. The Morgan fingerprint density at radius 2 is 2.06 bits per heavy atom. The van der Waals surface area contributed by atoms with Gasteiger partial charge in [-0.05, 0) is 18.4 Å². The molecule has 1 saturated heterocycles. The van der Waals surface area contributed by atoms with Crippen LogP contribution in [0.4, 0.5) is 0 Å². The number of benzene rings is 1. The zero-order valence-corrected chi connectivity index (χ0v) is 10.4. The molecule has 4 nitrogen and oxygen atoms in total. The summed E-state index contributed by atoms with van der Waals surface area (Å²) in [5, 5.41) is 0. The first-order valence-electron chi connectivity index (χ1n) is 5.78. The molecule has 1 aliphatic rings. The van der Waals surface area contributed by atoms with Gasteiger partial charge in [-0.1, -0.05) is 30.3 Å². The number of hydrogen-bond acceptors (Lipinski definition) is 3. The van der Waals surface area contributed by atoms with Gasteiger partial charge in [0.15, 0.2) is 0 Å². The molecule has 0 unspecified atom stereocenters. The van der Waals surface area contributed by atoms with Crippen molar-refractivity contribution in [3.8, 4) is 0 Å². The van der Waals surface area contributed by atoms with E-state index in [-0.39, 0.29) is 11.9 Å². The number of rotatable bonds is 5. The van der Waals surface area contributed by atoms with Crippen LogP contribution in [0.2, 0.25) is 0 Å². The Hall–Kier alpha value is -0.910. The maximum atomic E-state index is 11.8. The molecule has 1 atom stereocenters. The lowest BCUT2D eigenvalue weighted by molar-refractivity contribution is 0.114. The van der Waals surface area contributed by atoms with E-state index in [0.717, 1.165) is 25.0 Å². The lowest BCUT2D eigenvalue weighted by Gasteiger charge is -2.11.